The highest BCUT2D eigenvalue weighted by atomic mass is 32.1. The van der Waals surface area contributed by atoms with Crippen LogP contribution in [0.2, 0.25) is 0 Å². The predicted molar refractivity (Wildman–Crippen MR) is 56.4 cm³/mol. The lowest BCUT2D eigenvalue weighted by Crippen LogP contribution is -2.38. The van der Waals surface area contributed by atoms with Gasteiger partial charge in [0.15, 0.2) is 5.13 Å². The molecule has 14 heavy (non-hydrogen) atoms. The first kappa shape index (κ1) is 9.45. The predicted octanol–water partition coefficient (Wildman–Crippen LogP) is 1.22. The van der Waals surface area contributed by atoms with E-state index in [1.54, 1.807) is 6.20 Å². The Kier molecular flexibility index (Phi) is 2.67. The van der Waals surface area contributed by atoms with E-state index in [9.17, 15) is 4.79 Å². The molecular formula is C9H13N3OS. The minimum absolute atomic E-state index is 0.0581. The number of aromatic nitrogens is 1. The average Bonchev–Trinajstić information content (AvgIpc) is 2.81. The standard InChI is InChI=1S/C9H13N3OS/c1-6(8(13)12-7-2-3-7)11-9-10-4-5-14-9/h4-7H,2-3H2,1H3,(H,10,11)(H,12,13). The lowest BCUT2D eigenvalue weighted by Gasteiger charge is -2.12. The molecule has 0 aromatic carbocycles. The molecule has 5 heteroatoms. The number of hydrogen-bond donors (Lipinski definition) is 2. The average molecular weight is 211 g/mol. The summed E-state index contributed by atoms with van der Waals surface area (Å²) < 4.78 is 0. The van der Waals surface area contributed by atoms with Crippen molar-refractivity contribution in [2.45, 2.75) is 31.8 Å². The molecule has 1 atom stereocenters. The van der Waals surface area contributed by atoms with Crippen LogP contribution in [0.3, 0.4) is 0 Å². The Labute approximate surface area is 86.7 Å². The van der Waals surface area contributed by atoms with Gasteiger partial charge in [0, 0.05) is 17.6 Å². The summed E-state index contributed by atoms with van der Waals surface area (Å²) in [5.41, 5.74) is 0. The molecular weight excluding hydrogens is 198 g/mol. The highest BCUT2D eigenvalue weighted by Crippen LogP contribution is 2.19. The van der Waals surface area contributed by atoms with Crippen molar-refractivity contribution in [1.29, 1.82) is 0 Å². The van der Waals surface area contributed by atoms with E-state index in [1.807, 2.05) is 12.3 Å². The van der Waals surface area contributed by atoms with Gasteiger partial charge in [0.1, 0.15) is 6.04 Å². The number of nitrogens with zero attached hydrogens (tertiary/aromatic N) is 1. The van der Waals surface area contributed by atoms with Gasteiger partial charge in [0.05, 0.1) is 0 Å². The summed E-state index contributed by atoms with van der Waals surface area (Å²) in [5, 5.41) is 8.67. The van der Waals surface area contributed by atoms with E-state index in [1.165, 1.54) is 11.3 Å². The van der Waals surface area contributed by atoms with Crippen LogP contribution in [-0.4, -0.2) is 23.0 Å². The molecule has 1 aromatic rings. The van der Waals surface area contributed by atoms with Crippen molar-refractivity contribution in [3.63, 3.8) is 0 Å². The van der Waals surface area contributed by atoms with Crippen molar-refractivity contribution in [1.82, 2.24) is 10.3 Å². The van der Waals surface area contributed by atoms with Gasteiger partial charge in [-0.3, -0.25) is 4.79 Å². The molecule has 1 fully saturated rings. The lowest BCUT2D eigenvalue weighted by atomic mass is 10.3. The number of amides is 1. The van der Waals surface area contributed by atoms with Crippen molar-refractivity contribution in [3.05, 3.63) is 11.6 Å². The number of carbonyl (C=O) groups is 1. The van der Waals surface area contributed by atoms with E-state index >= 15 is 0 Å². The smallest absolute Gasteiger partial charge is 0.242 e. The van der Waals surface area contributed by atoms with Crippen LogP contribution in [-0.2, 0) is 4.79 Å². The molecule has 2 N–H and O–H groups in total. The number of carbonyl (C=O) groups excluding carboxylic acids is 1. The molecule has 0 radical (unpaired) electrons. The number of hydrogen-bond acceptors (Lipinski definition) is 4. The van der Waals surface area contributed by atoms with Crippen molar-refractivity contribution < 1.29 is 4.79 Å². The van der Waals surface area contributed by atoms with Crippen LogP contribution < -0.4 is 10.6 Å². The van der Waals surface area contributed by atoms with Crippen LogP contribution in [0.25, 0.3) is 0 Å². The molecule has 0 aliphatic heterocycles. The van der Waals surface area contributed by atoms with Gasteiger partial charge in [0.25, 0.3) is 0 Å². The second-order valence-corrected chi connectivity index (χ2v) is 4.38. The highest BCUT2D eigenvalue weighted by molar-refractivity contribution is 7.13. The SMILES string of the molecule is CC(Nc1nccs1)C(=O)NC1CC1. The first-order valence-corrected chi connectivity index (χ1v) is 5.60. The van der Waals surface area contributed by atoms with Crippen molar-refractivity contribution >= 4 is 22.4 Å². The van der Waals surface area contributed by atoms with E-state index in [0.717, 1.165) is 18.0 Å². The second kappa shape index (κ2) is 3.96. The molecule has 1 amide bonds. The zero-order valence-corrected chi connectivity index (χ0v) is 8.80. The van der Waals surface area contributed by atoms with Crippen LogP contribution in [0.15, 0.2) is 11.6 Å². The van der Waals surface area contributed by atoms with Gasteiger partial charge in [-0.2, -0.15) is 0 Å². The summed E-state index contributed by atoms with van der Waals surface area (Å²) >= 11 is 1.50. The second-order valence-electron chi connectivity index (χ2n) is 3.49. The Morgan fingerprint density at radius 2 is 2.50 bits per heavy atom. The molecule has 4 nitrogen and oxygen atoms in total. The Morgan fingerprint density at radius 3 is 3.07 bits per heavy atom. The first-order valence-electron chi connectivity index (χ1n) is 4.72. The fourth-order valence-electron chi connectivity index (χ4n) is 1.10. The normalized spacial score (nSPS) is 17.5. The van der Waals surface area contributed by atoms with Crippen molar-refractivity contribution in [2.75, 3.05) is 5.32 Å². The molecule has 0 bridgehead atoms. The van der Waals surface area contributed by atoms with Gasteiger partial charge < -0.3 is 10.6 Å². The maximum Gasteiger partial charge on any atom is 0.242 e. The largest absolute Gasteiger partial charge is 0.352 e. The van der Waals surface area contributed by atoms with Gasteiger partial charge in [-0.25, -0.2) is 4.98 Å². The number of rotatable bonds is 4. The minimum Gasteiger partial charge on any atom is -0.352 e. The Morgan fingerprint density at radius 1 is 1.71 bits per heavy atom. The number of thiazole rings is 1. The quantitative estimate of drug-likeness (QED) is 0.787. The van der Waals surface area contributed by atoms with Gasteiger partial charge in [-0.1, -0.05) is 0 Å². The summed E-state index contributed by atoms with van der Waals surface area (Å²) in [6.07, 6.45) is 3.96. The molecule has 1 aliphatic carbocycles. The Hall–Kier alpha value is -1.10. The van der Waals surface area contributed by atoms with Crippen LogP contribution >= 0.6 is 11.3 Å². The summed E-state index contributed by atoms with van der Waals surface area (Å²) in [4.78, 5) is 15.6. The number of nitrogens with one attached hydrogen (secondary N) is 2. The number of anilines is 1. The summed E-state index contributed by atoms with van der Waals surface area (Å²) in [5.74, 6) is 0.0581. The molecule has 2 rings (SSSR count). The van der Waals surface area contributed by atoms with Gasteiger partial charge in [-0.05, 0) is 19.8 Å². The zero-order valence-electron chi connectivity index (χ0n) is 7.99. The third kappa shape index (κ3) is 2.45. The van der Waals surface area contributed by atoms with Crippen LogP contribution in [0.1, 0.15) is 19.8 Å². The Bertz CT molecular complexity index is 308. The monoisotopic (exact) mass is 211 g/mol. The van der Waals surface area contributed by atoms with E-state index in [2.05, 4.69) is 15.6 Å². The molecule has 0 saturated heterocycles. The van der Waals surface area contributed by atoms with E-state index < -0.39 is 0 Å². The molecule has 0 spiro atoms. The molecule has 1 unspecified atom stereocenters. The topological polar surface area (TPSA) is 54.0 Å². The summed E-state index contributed by atoms with van der Waals surface area (Å²) in [7, 11) is 0. The maximum atomic E-state index is 11.5. The fourth-order valence-corrected chi connectivity index (χ4v) is 1.72. The maximum absolute atomic E-state index is 11.5. The summed E-state index contributed by atoms with van der Waals surface area (Å²) in [6, 6.07) is 0.213. The lowest BCUT2D eigenvalue weighted by molar-refractivity contribution is -0.121. The minimum atomic E-state index is -0.207. The molecule has 1 aromatic heterocycles. The van der Waals surface area contributed by atoms with Gasteiger partial charge in [-0.15, -0.1) is 11.3 Å². The third-order valence-corrected chi connectivity index (χ3v) is 2.79. The molecule has 1 aliphatic rings. The first-order chi connectivity index (χ1) is 6.75. The van der Waals surface area contributed by atoms with Crippen LogP contribution in [0, 0.1) is 0 Å². The third-order valence-electron chi connectivity index (χ3n) is 2.09. The molecule has 76 valence electrons. The van der Waals surface area contributed by atoms with Crippen LogP contribution in [0.4, 0.5) is 5.13 Å². The highest BCUT2D eigenvalue weighted by Gasteiger charge is 2.25. The Balaban J connectivity index is 1.81. The van der Waals surface area contributed by atoms with Gasteiger partial charge in [0.2, 0.25) is 5.91 Å². The van der Waals surface area contributed by atoms with E-state index in [0.29, 0.717) is 6.04 Å². The van der Waals surface area contributed by atoms with Crippen molar-refractivity contribution in [3.8, 4) is 0 Å². The van der Waals surface area contributed by atoms with E-state index in [4.69, 9.17) is 0 Å². The fraction of sp³-hybridized carbons (Fsp3) is 0.556. The van der Waals surface area contributed by atoms with Gasteiger partial charge >= 0.3 is 0 Å². The molecule has 1 saturated carbocycles. The zero-order chi connectivity index (χ0) is 9.97. The van der Waals surface area contributed by atoms with E-state index in [-0.39, 0.29) is 11.9 Å². The summed E-state index contributed by atoms with van der Waals surface area (Å²) in [6.45, 7) is 1.85. The molecule has 1 heterocycles. The van der Waals surface area contributed by atoms with Crippen LogP contribution in [0.5, 0.6) is 0 Å². The van der Waals surface area contributed by atoms with Crippen molar-refractivity contribution in [2.24, 2.45) is 0 Å².